The van der Waals surface area contributed by atoms with Gasteiger partial charge in [0.15, 0.2) is 0 Å². The van der Waals surface area contributed by atoms with Crippen LogP contribution in [0.3, 0.4) is 0 Å². The van der Waals surface area contributed by atoms with E-state index in [1.165, 1.54) is 18.4 Å². The second kappa shape index (κ2) is 6.76. The van der Waals surface area contributed by atoms with Gasteiger partial charge in [-0.15, -0.1) is 0 Å². The Kier molecular flexibility index (Phi) is 6.38. The van der Waals surface area contributed by atoms with E-state index in [1.807, 2.05) is 6.92 Å². The number of unbranched alkanes of at least 4 members (excludes halogenated alkanes) is 1. The van der Waals surface area contributed by atoms with E-state index in [1.54, 1.807) is 0 Å². The molecule has 0 aliphatic heterocycles. The van der Waals surface area contributed by atoms with Crippen molar-refractivity contribution in [3.05, 3.63) is 24.4 Å². The van der Waals surface area contributed by atoms with E-state index in [9.17, 15) is 0 Å². The van der Waals surface area contributed by atoms with E-state index in [-0.39, 0.29) is 0 Å². The smallest absolute Gasteiger partial charge is 0.0143 e. The maximum Gasteiger partial charge on any atom is 0.0143 e. The summed E-state index contributed by atoms with van der Waals surface area (Å²) in [5.41, 5.74) is 2.43. The van der Waals surface area contributed by atoms with Crippen molar-refractivity contribution in [1.82, 2.24) is 5.32 Å². The summed E-state index contributed by atoms with van der Waals surface area (Å²) in [6, 6.07) is 0. The van der Waals surface area contributed by atoms with Gasteiger partial charge in [-0.1, -0.05) is 32.6 Å². The molecule has 0 saturated heterocycles. The lowest BCUT2D eigenvalue weighted by Gasteiger charge is -2.09. The van der Waals surface area contributed by atoms with Crippen molar-refractivity contribution < 1.29 is 0 Å². The van der Waals surface area contributed by atoms with Gasteiger partial charge in [0.1, 0.15) is 0 Å². The van der Waals surface area contributed by atoms with Crippen molar-refractivity contribution >= 4 is 0 Å². The molecule has 13 heavy (non-hydrogen) atoms. The van der Waals surface area contributed by atoms with Crippen molar-refractivity contribution in [2.75, 3.05) is 6.54 Å². The van der Waals surface area contributed by atoms with Gasteiger partial charge in [0, 0.05) is 12.2 Å². The molecular formula is C12H23N. The first-order chi connectivity index (χ1) is 6.04. The minimum absolute atomic E-state index is 0.633. The molecule has 76 valence electrons. The van der Waals surface area contributed by atoms with Gasteiger partial charge in [-0.05, 0) is 32.1 Å². The number of hydrogen-bond donors (Lipinski definition) is 1. The first-order valence-electron chi connectivity index (χ1n) is 5.11. The van der Waals surface area contributed by atoms with Crippen molar-refractivity contribution in [2.45, 2.75) is 40.0 Å². The SMILES string of the molecule is C=C(C)NCCCCC(=C)C(C)C. The Balaban J connectivity index is 3.26. The summed E-state index contributed by atoms with van der Waals surface area (Å²) in [6.45, 7) is 15.3. The van der Waals surface area contributed by atoms with Crippen LogP contribution >= 0.6 is 0 Å². The molecule has 0 bridgehead atoms. The van der Waals surface area contributed by atoms with Gasteiger partial charge in [-0.25, -0.2) is 0 Å². The van der Waals surface area contributed by atoms with Crippen molar-refractivity contribution in [3.8, 4) is 0 Å². The maximum atomic E-state index is 4.05. The van der Waals surface area contributed by atoms with Crippen LogP contribution in [0.1, 0.15) is 40.0 Å². The lowest BCUT2D eigenvalue weighted by Crippen LogP contribution is -2.11. The van der Waals surface area contributed by atoms with Crippen LogP contribution in [0.25, 0.3) is 0 Å². The number of rotatable bonds is 7. The van der Waals surface area contributed by atoms with E-state index in [0.717, 1.165) is 18.7 Å². The Bertz CT molecular complexity index is 168. The molecule has 0 aromatic carbocycles. The highest BCUT2D eigenvalue weighted by Crippen LogP contribution is 2.13. The molecule has 0 fully saturated rings. The lowest BCUT2D eigenvalue weighted by atomic mass is 9.99. The first-order valence-corrected chi connectivity index (χ1v) is 5.11. The van der Waals surface area contributed by atoms with Crippen LogP contribution in [0.5, 0.6) is 0 Å². The molecule has 0 heterocycles. The van der Waals surface area contributed by atoms with Crippen molar-refractivity contribution in [3.63, 3.8) is 0 Å². The second-order valence-corrected chi connectivity index (χ2v) is 3.98. The number of nitrogens with one attached hydrogen (secondary N) is 1. The summed E-state index contributed by atoms with van der Waals surface area (Å²) >= 11 is 0. The van der Waals surface area contributed by atoms with Crippen LogP contribution in [0.4, 0.5) is 0 Å². The fourth-order valence-corrected chi connectivity index (χ4v) is 1.07. The Hall–Kier alpha value is -0.720. The van der Waals surface area contributed by atoms with Gasteiger partial charge >= 0.3 is 0 Å². The van der Waals surface area contributed by atoms with E-state index >= 15 is 0 Å². The van der Waals surface area contributed by atoms with Crippen LogP contribution in [0.15, 0.2) is 24.4 Å². The zero-order valence-electron chi connectivity index (χ0n) is 9.32. The average molecular weight is 181 g/mol. The van der Waals surface area contributed by atoms with Crippen molar-refractivity contribution in [1.29, 1.82) is 0 Å². The van der Waals surface area contributed by atoms with E-state index in [0.29, 0.717) is 5.92 Å². The maximum absolute atomic E-state index is 4.05. The van der Waals surface area contributed by atoms with Gasteiger partial charge in [-0.3, -0.25) is 0 Å². The fraction of sp³-hybridized carbons (Fsp3) is 0.667. The molecular weight excluding hydrogens is 158 g/mol. The minimum atomic E-state index is 0.633. The molecule has 0 aliphatic rings. The molecule has 0 amide bonds. The van der Waals surface area contributed by atoms with Gasteiger partial charge in [-0.2, -0.15) is 0 Å². The first kappa shape index (κ1) is 12.3. The Morgan fingerprint density at radius 2 is 1.85 bits per heavy atom. The fourth-order valence-electron chi connectivity index (χ4n) is 1.07. The molecule has 1 heteroatoms. The van der Waals surface area contributed by atoms with E-state index in [4.69, 9.17) is 0 Å². The predicted molar refractivity (Wildman–Crippen MR) is 60.6 cm³/mol. The van der Waals surface area contributed by atoms with E-state index < -0.39 is 0 Å². The highest BCUT2D eigenvalue weighted by atomic mass is 14.9. The predicted octanol–water partition coefficient (Wildman–Crippen LogP) is 3.49. The third kappa shape index (κ3) is 7.63. The molecule has 1 N–H and O–H groups in total. The van der Waals surface area contributed by atoms with Gasteiger partial charge in [0.2, 0.25) is 0 Å². The minimum Gasteiger partial charge on any atom is -0.389 e. The van der Waals surface area contributed by atoms with Gasteiger partial charge in [0.05, 0.1) is 0 Å². The van der Waals surface area contributed by atoms with Crippen LogP contribution < -0.4 is 5.32 Å². The third-order valence-electron chi connectivity index (χ3n) is 2.17. The normalized spacial score (nSPS) is 10.2. The third-order valence-corrected chi connectivity index (χ3v) is 2.17. The van der Waals surface area contributed by atoms with Crippen LogP contribution in [0, 0.1) is 5.92 Å². The molecule has 1 nitrogen and oxygen atoms in total. The molecule has 0 aromatic rings. The Morgan fingerprint density at radius 3 is 2.31 bits per heavy atom. The second-order valence-electron chi connectivity index (χ2n) is 3.98. The molecule has 0 aliphatic carbocycles. The highest BCUT2D eigenvalue weighted by Gasteiger charge is 1.98. The summed E-state index contributed by atoms with van der Waals surface area (Å²) in [5.74, 6) is 0.633. The molecule has 0 aromatic heterocycles. The zero-order chi connectivity index (χ0) is 10.3. The van der Waals surface area contributed by atoms with Crippen LogP contribution in [-0.4, -0.2) is 6.54 Å². The largest absolute Gasteiger partial charge is 0.389 e. The van der Waals surface area contributed by atoms with Crippen molar-refractivity contribution in [2.24, 2.45) is 5.92 Å². The zero-order valence-corrected chi connectivity index (χ0v) is 9.32. The molecule has 0 rings (SSSR count). The lowest BCUT2D eigenvalue weighted by molar-refractivity contribution is 0.636. The molecule has 0 radical (unpaired) electrons. The summed E-state index contributed by atoms with van der Waals surface area (Å²) in [5, 5.41) is 3.22. The molecule has 0 unspecified atom stereocenters. The summed E-state index contributed by atoms with van der Waals surface area (Å²) in [4.78, 5) is 0. The number of allylic oxidation sites excluding steroid dienone is 2. The Labute approximate surface area is 82.9 Å². The standard InChI is InChI=1S/C12H23N/c1-10(2)12(5)8-6-7-9-13-11(3)4/h10,13H,3,5-9H2,1-2,4H3. The molecule has 0 saturated carbocycles. The van der Waals surface area contributed by atoms with Gasteiger partial charge < -0.3 is 5.32 Å². The average Bonchev–Trinajstić information content (AvgIpc) is 2.02. The van der Waals surface area contributed by atoms with Crippen LogP contribution in [-0.2, 0) is 0 Å². The summed E-state index contributed by atoms with van der Waals surface area (Å²) < 4.78 is 0. The quantitative estimate of drug-likeness (QED) is 0.468. The summed E-state index contributed by atoms with van der Waals surface area (Å²) in [7, 11) is 0. The molecule has 0 atom stereocenters. The monoisotopic (exact) mass is 181 g/mol. The Morgan fingerprint density at radius 1 is 1.23 bits per heavy atom. The van der Waals surface area contributed by atoms with Gasteiger partial charge in [0.25, 0.3) is 0 Å². The van der Waals surface area contributed by atoms with Crippen LogP contribution in [0.2, 0.25) is 0 Å². The number of hydrogen-bond acceptors (Lipinski definition) is 1. The topological polar surface area (TPSA) is 12.0 Å². The van der Waals surface area contributed by atoms with E-state index in [2.05, 4.69) is 32.3 Å². The highest BCUT2D eigenvalue weighted by molar-refractivity contribution is 4.96. The molecule has 0 spiro atoms. The summed E-state index contributed by atoms with van der Waals surface area (Å²) in [6.07, 6.45) is 3.60.